The van der Waals surface area contributed by atoms with Gasteiger partial charge < -0.3 is 25.4 Å². The molecular weight excluding hydrogens is 358 g/mol. The normalized spacial score (nSPS) is 10.1. The van der Waals surface area contributed by atoms with Gasteiger partial charge in [-0.2, -0.15) is 0 Å². The third-order valence-corrected chi connectivity index (χ3v) is 4.17. The fourth-order valence-corrected chi connectivity index (χ4v) is 2.56. The van der Waals surface area contributed by atoms with Gasteiger partial charge in [0.15, 0.2) is 11.5 Å². The number of aryl methyl sites for hydroxylation is 1. The molecule has 3 N–H and O–H groups in total. The first-order chi connectivity index (χ1) is 13.5. The van der Waals surface area contributed by atoms with Crippen LogP contribution in [0, 0.1) is 6.92 Å². The lowest BCUT2D eigenvalue weighted by Gasteiger charge is -2.11. The standard InChI is InChI=1S/C21H27N3O4/c1-15-4-6-17(7-5-15)13-23-21(26)24-14-20(25)22-11-10-16-8-9-18(27-2)19(12-16)28-3/h4-9,12H,10-11,13-14H2,1-3H3,(H,22,25)(H2,23,24,26). The van der Waals surface area contributed by atoms with E-state index in [4.69, 9.17) is 9.47 Å². The Morgan fingerprint density at radius 1 is 0.857 bits per heavy atom. The first-order valence-electron chi connectivity index (χ1n) is 9.06. The summed E-state index contributed by atoms with van der Waals surface area (Å²) in [4.78, 5) is 23.7. The lowest BCUT2D eigenvalue weighted by molar-refractivity contribution is -0.120. The predicted molar refractivity (Wildman–Crippen MR) is 108 cm³/mol. The van der Waals surface area contributed by atoms with Crippen molar-refractivity contribution in [3.05, 3.63) is 59.2 Å². The Kier molecular flexibility index (Phi) is 8.14. The Bertz CT molecular complexity index is 791. The number of hydrogen-bond donors (Lipinski definition) is 3. The maximum absolute atomic E-state index is 11.9. The van der Waals surface area contributed by atoms with E-state index in [-0.39, 0.29) is 18.5 Å². The highest BCUT2D eigenvalue weighted by atomic mass is 16.5. The number of carbonyl (C=O) groups is 2. The SMILES string of the molecule is COc1ccc(CCNC(=O)CNC(=O)NCc2ccc(C)cc2)cc1OC. The van der Waals surface area contributed by atoms with Crippen molar-refractivity contribution in [2.75, 3.05) is 27.3 Å². The van der Waals surface area contributed by atoms with Crippen molar-refractivity contribution in [1.82, 2.24) is 16.0 Å². The minimum Gasteiger partial charge on any atom is -0.493 e. The number of rotatable bonds is 9. The number of ether oxygens (including phenoxy) is 2. The van der Waals surface area contributed by atoms with Gasteiger partial charge in [-0.1, -0.05) is 35.9 Å². The Hall–Kier alpha value is -3.22. The van der Waals surface area contributed by atoms with Crippen LogP contribution in [0.5, 0.6) is 11.5 Å². The van der Waals surface area contributed by atoms with E-state index in [1.165, 1.54) is 0 Å². The van der Waals surface area contributed by atoms with Crippen LogP contribution in [0.15, 0.2) is 42.5 Å². The van der Waals surface area contributed by atoms with E-state index in [1.807, 2.05) is 49.4 Å². The Morgan fingerprint density at radius 2 is 1.54 bits per heavy atom. The molecule has 0 aromatic heterocycles. The zero-order valence-electron chi connectivity index (χ0n) is 16.5. The molecule has 0 aliphatic carbocycles. The largest absolute Gasteiger partial charge is 0.493 e. The van der Waals surface area contributed by atoms with Crippen LogP contribution in [-0.4, -0.2) is 39.2 Å². The highest BCUT2D eigenvalue weighted by Gasteiger charge is 2.07. The fraction of sp³-hybridized carbons (Fsp3) is 0.333. The molecule has 0 aliphatic rings. The topological polar surface area (TPSA) is 88.7 Å². The molecule has 7 nitrogen and oxygen atoms in total. The molecule has 28 heavy (non-hydrogen) atoms. The number of benzene rings is 2. The number of nitrogens with one attached hydrogen (secondary N) is 3. The van der Waals surface area contributed by atoms with Gasteiger partial charge in [-0.3, -0.25) is 4.79 Å². The van der Waals surface area contributed by atoms with Gasteiger partial charge in [-0.25, -0.2) is 4.79 Å². The van der Waals surface area contributed by atoms with Gasteiger partial charge in [-0.15, -0.1) is 0 Å². The molecule has 0 radical (unpaired) electrons. The second-order valence-corrected chi connectivity index (χ2v) is 6.31. The second kappa shape index (κ2) is 10.8. The van der Waals surface area contributed by atoms with Crippen LogP contribution in [0.1, 0.15) is 16.7 Å². The third kappa shape index (κ3) is 6.83. The van der Waals surface area contributed by atoms with Gasteiger partial charge >= 0.3 is 6.03 Å². The summed E-state index contributed by atoms with van der Waals surface area (Å²) in [7, 11) is 3.17. The first kappa shape index (κ1) is 21.1. The highest BCUT2D eigenvalue weighted by Crippen LogP contribution is 2.27. The molecule has 0 spiro atoms. The summed E-state index contributed by atoms with van der Waals surface area (Å²) < 4.78 is 10.5. The molecular formula is C21H27N3O4. The van der Waals surface area contributed by atoms with E-state index in [1.54, 1.807) is 14.2 Å². The van der Waals surface area contributed by atoms with Gasteiger partial charge in [-0.05, 0) is 36.6 Å². The summed E-state index contributed by atoms with van der Waals surface area (Å²) in [5, 5.41) is 8.05. The van der Waals surface area contributed by atoms with E-state index >= 15 is 0 Å². The summed E-state index contributed by atoms with van der Waals surface area (Å²) in [6, 6.07) is 13.1. The van der Waals surface area contributed by atoms with Crippen LogP contribution in [0.25, 0.3) is 0 Å². The van der Waals surface area contributed by atoms with Crippen molar-refractivity contribution in [2.45, 2.75) is 19.9 Å². The van der Waals surface area contributed by atoms with Gasteiger partial charge in [0.1, 0.15) is 0 Å². The summed E-state index contributed by atoms with van der Waals surface area (Å²) in [6.45, 7) is 2.80. The van der Waals surface area contributed by atoms with E-state index in [0.717, 1.165) is 16.7 Å². The van der Waals surface area contributed by atoms with Crippen molar-refractivity contribution in [2.24, 2.45) is 0 Å². The van der Waals surface area contributed by atoms with Crippen LogP contribution in [-0.2, 0) is 17.8 Å². The van der Waals surface area contributed by atoms with Gasteiger partial charge in [0.2, 0.25) is 5.91 Å². The van der Waals surface area contributed by atoms with Crippen molar-refractivity contribution >= 4 is 11.9 Å². The fourth-order valence-electron chi connectivity index (χ4n) is 2.56. The predicted octanol–water partition coefficient (Wildman–Crippen LogP) is 2.17. The average molecular weight is 385 g/mol. The molecule has 2 aromatic rings. The van der Waals surface area contributed by atoms with Crippen LogP contribution >= 0.6 is 0 Å². The summed E-state index contributed by atoms with van der Waals surface area (Å²) in [5.41, 5.74) is 3.18. The first-order valence-corrected chi connectivity index (χ1v) is 9.06. The number of carbonyl (C=O) groups excluding carboxylic acids is 2. The molecule has 0 saturated carbocycles. The molecule has 2 rings (SSSR count). The molecule has 3 amide bonds. The Morgan fingerprint density at radius 3 is 2.21 bits per heavy atom. The third-order valence-electron chi connectivity index (χ3n) is 4.17. The zero-order chi connectivity index (χ0) is 20.4. The van der Waals surface area contributed by atoms with Gasteiger partial charge in [0.25, 0.3) is 0 Å². The molecule has 0 atom stereocenters. The average Bonchev–Trinajstić information content (AvgIpc) is 2.71. The minimum absolute atomic E-state index is 0.0777. The number of urea groups is 1. The summed E-state index contributed by atoms with van der Waals surface area (Å²) in [6.07, 6.45) is 0.645. The van der Waals surface area contributed by atoms with Crippen molar-refractivity contribution in [1.29, 1.82) is 0 Å². The van der Waals surface area contributed by atoms with Gasteiger partial charge in [0.05, 0.1) is 20.8 Å². The highest BCUT2D eigenvalue weighted by molar-refractivity contribution is 5.83. The quantitative estimate of drug-likeness (QED) is 0.617. The number of amides is 3. The van der Waals surface area contributed by atoms with E-state index < -0.39 is 0 Å². The summed E-state index contributed by atoms with van der Waals surface area (Å²) in [5.74, 6) is 1.07. The molecule has 0 fully saturated rings. The number of hydrogen-bond acceptors (Lipinski definition) is 4. The van der Waals surface area contributed by atoms with E-state index in [2.05, 4.69) is 16.0 Å². The second-order valence-electron chi connectivity index (χ2n) is 6.31. The van der Waals surface area contributed by atoms with E-state index in [9.17, 15) is 9.59 Å². The molecule has 2 aromatic carbocycles. The zero-order valence-corrected chi connectivity index (χ0v) is 16.5. The van der Waals surface area contributed by atoms with E-state index in [0.29, 0.717) is 31.0 Å². The Balaban J connectivity index is 1.65. The molecule has 150 valence electrons. The molecule has 0 heterocycles. The van der Waals surface area contributed by atoms with Crippen LogP contribution in [0.2, 0.25) is 0 Å². The molecule has 0 bridgehead atoms. The van der Waals surface area contributed by atoms with Crippen LogP contribution in [0.3, 0.4) is 0 Å². The maximum Gasteiger partial charge on any atom is 0.315 e. The van der Waals surface area contributed by atoms with Gasteiger partial charge in [0, 0.05) is 13.1 Å². The smallest absolute Gasteiger partial charge is 0.315 e. The Labute approximate surface area is 165 Å². The minimum atomic E-state index is -0.379. The summed E-state index contributed by atoms with van der Waals surface area (Å²) >= 11 is 0. The van der Waals surface area contributed by atoms with Crippen molar-refractivity contribution < 1.29 is 19.1 Å². The maximum atomic E-state index is 11.9. The molecule has 0 unspecified atom stereocenters. The van der Waals surface area contributed by atoms with Crippen LogP contribution in [0.4, 0.5) is 4.79 Å². The lowest BCUT2D eigenvalue weighted by Crippen LogP contribution is -2.42. The monoisotopic (exact) mass is 385 g/mol. The van der Waals surface area contributed by atoms with Crippen molar-refractivity contribution in [3.8, 4) is 11.5 Å². The van der Waals surface area contributed by atoms with Crippen LogP contribution < -0.4 is 25.4 Å². The molecule has 0 saturated heterocycles. The molecule has 7 heteroatoms. The molecule has 0 aliphatic heterocycles. The van der Waals surface area contributed by atoms with Crippen molar-refractivity contribution in [3.63, 3.8) is 0 Å². The number of methoxy groups -OCH3 is 2. The lowest BCUT2D eigenvalue weighted by atomic mass is 10.1.